The Kier molecular flexibility index (Phi) is 8.06. The van der Waals surface area contributed by atoms with Gasteiger partial charge in [-0.25, -0.2) is 4.79 Å². The summed E-state index contributed by atoms with van der Waals surface area (Å²) in [4.78, 5) is 32.0. The van der Waals surface area contributed by atoms with E-state index in [1.54, 1.807) is 13.2 Å². The number of benzene rings is 3. The first-order chi connectivity index (χ1) is 25.9. The normalized spacial score (nSPS) is 29.3. The van der Waals surface area contributed by atoms with Crippen LogP contribution in [-0.2, 0) is 32.7 Å². The molecule has 13 nitrogen and oxygen atoms in total. The molecule has 2 fully saturated rings. The Morgan fingerprint density at radius 2 is 1.83 bits per heavy atom. The smallest absolute Gasteiger partial charge is 0.331 e. The highest BCUT2D eigenvalue weighted by atomic mass is 32.2. The van der Waals surface area contributed by atoms with E-state index in [1.807, 2.05) is 33.9 Å². The van der Waals surface area contributed by atoms with Crippen molar-refractivity contribution in [2.75, 3.05) is 39.9 Å². The summed E-state index contributed by atoms with van der Waals surface area (Å²) in [6, 6.07) is 5.65. The number of hydrogen-bond acceptors (Lipinski definition) is 14. The van der Waals surface area contributed by atoms with E-state index in [2.05, 4.69) is 27.3 Å². The largest absolute Gasteiger partial charge is 0.508 e. The minimum Gasteiger partial charge on any atom is -0.508 e. The molecule has 7 heterocycles. The SMILES string of the molecule is COc1c(C)cc2c(c1O)[C@H]1C3[C@@H]4SC[C@]5(NCCc6cc(O)c(C)cc65)C(=O)OC[C@@H](c5c6c(c(C)c(OC(C)=O)c54)OCO6)N3[C@@H](C#N)[C@@H](C2)N1C. The third-order valence-electron chi connectivity index (χ3n) is 12.5. The lowest BCUT2D eigenvalue weighted by molar-refractivity contribution is -0.157. The van der Waals surface area contributed by atoms with Crippen LogP contribution in [-0.4, -0.2) is 89.9 Å². The highest BCUT2D eigenvalue weighted by molar-refractivity contribution is 7.99. The lowest BCUT2D eigenvalue weighted by atomic mass is 9.71. The van der Waals surface area contributed by atoms with Crippen LogP contribution >= 0.6 is 11.8 Å². The van der Waals surface area contributed by atoms with Gasteiger partial charge in [-0.3, -0.25) is 19.9 Å². The minimum absolute atomic E-state index is 0.0496. The predicted octanol–water partition coefficient (Wildman–Crippen LogP) is 4.29. The average molecular weight is 755 g/mol. The van der Waals surface area contributed by atoms with Gasteiger partial charge in [0.1, 0.15) is 24.1 Å². The number of esters is 2. The molecule has 2 saturated heterocycles. The number of fused-ring (bicyclic) bond motifs is 9. The fourth-order valence-corrected chi connectivity index (χ4v) is 11.8. The van der Waals surface area contributed by atoms with Crippen LogP contribution in [0.5, 0.6) is 34.5 Å². The molecule has 1 unspecified atom stereocenters. The summed E-state index contributed by atoms with van der Waals surface area (Å²) in [6.07, 6.45) is 1.11. The Labute approximate surface area is 317 Å². The zero-order valence-electron chi connectivity index (χ0n) is 30.9. The Balaban J connectivity index is 1.34. The molecule has 0 saturated carbocycles. The molecule has 0 radical (unpaired) electrons. The maximum Gasteiger partial charge on any atom is 0.331 e. The summed E-state index contributed by atoms with van der Waals surface area (Å²) in [5.74, 6) is 1.11. The number of phenols is 2. The monoisotopic (exact) mass is 754 g/mol. The lowest BCUT2D eigenvalue weighted by Gasteiger charge is -2.62. The van der Waals surface area contributed by atoms with Gasteiger partial charge in [0.25, 0.3) is 0 Å². The quantitative estimate of drug-likeness (QED) is 0.251. The molecule has 0 amide bonds. The van der Waals surface area contributed by atoms with Crippen LogP contribution in [0.3, 0.4) is 0 Å². The Morgan fingerprint density at radius 1 is 1.06 bits per heavy atom. The number of thioether (sulfide) groups is 1. The summed E-state index contributed by atoms with van der Waals surface area (Å²) in [6.45, 7) is 7.19. The fourth-order valence-electron chi connectivity index (χ4n) is 10.1. The number of likely N-dealkylation sites (N-methyl/N-ethyl adjacent to an activating group) is 1. The van der Waals surface area contributed by atoms with Crippen molar-refractivity contribution in [2.24, 2.45) is 0 Å². The molecule has 0 aromatic heterocycles. The number of nitrogens with zero attached hydrogens (tertiary/aromatic N) is 3. The molecule has 14 heteroatoms. The molecule has 282 valence electrons. The molecule has 7 aliphatic heterocycles. The highest BCUT2D eigenvalue weighted by Gasteiger charge is 2.61. The van der Waals surface area contributed by atoms with Crippen LogP contribution in [0.2, 0.25) is 0 Å². The van der Waals surface area contributed by atoms with Crippen molar-refractivity contribution >= 4 is 23.7 Å². The van der Waals surface area contributed by atoms with Gasteiger partial charge in [-0.1, -0.05) is 6.07 Å². The molecular weight excluding hydrogens is 713 g/mol. The summed E-state index contributed by atoms with van der Waals surface area (Å²) in [5.41, 5.74) is 5.40. The summed E-state index contributed by atoms with van der Waals surface area (Å²) < 4.78 is 30.6. The first-order valence-electron chi connectivity index (χ1n) is 18.2. The Hall–Kier alpha value is -4.68. The number of hydrogen-bond donors (Lipinski definition) is 3. The molecule has 10 rings (SSSR count). The number of aromatic hydroxyl groups is 2. The van der Waals surface area contributed by atoms with E-state index in [4.69, 9.17) is 23.7 Å². The number of ether oxygens (including phenoxy) is 5. The number of nitrogens with one attached hydrogen (secondary N) is 1. The van der Waals surface area contributed by atoms with Crippen LogP contribution in [0.1, 0.15) is 74.3 Å². The number of rotatable bonds is 2. The van der Waals surface area contributed by atoms with Crippen LogP contribution in [0, 0.1) is 32.1 Å². The van der Waals surface area contributed by atoms with E-state index in [-0.39, 0.29) is 36.7 Å². The predicted molar refractivity (Wildman–Crippen MR) is 196 cm³/mol. The van der Waals surface area contributed by atoms with Crippen LogP contribution in [0.4, 0.5) is 0 Å². The number of carbonyl (C=O) groups is 2. The second-order valence-corrected chi connectivity index (χ2v) is 16.3. The zero-order valence-corrected chi connectivity index (χ0v) is 31.8. The Bertz CT molecular complexity index is 2200. The van der Waals surface area contributed by atoms with Gasteiger partial charge >= 0.3 is 11.9 Å². The molecule has 54 heavy (non-hydrogen) atoms. The van der Waals surface area contributed by atoms with Gasteiger partial charge in [-0.15, -0.1) is 11.8 Å². The third-order valence-corrected chi connectivity index (χ3v) is 13.9. The van der Waals surface area contributed by atoms with Crippen molar-refractivity contribution in [3.63, 3.8) is 0 Å². The van der Waals surface area contributed by atoms with Crippen molar-refractivity contribution < 1.29 is 43.5 Å². The molecule has 3 aromatic rings. The second kappa shape index (κ2) is 12.4. The van der Waals surface area contributed by atoms with Crippen LogP contribution in [0.25, 0.3) is 0 Å². The lowest BCUT2D eigenvalue weighted by Crippen LogP contribution is -2.69. The van der Waals surface area contributed by atoms with Gasteiger partial charge in [0.05, 0.1) is 30.5 Å². The van der Waals surface area contributed by atoms with Crippen molar-refractivity contribution in [2.45, 2.75) is 81.5 Å². The molecule has 7 aliphatic rings. The maximum absolute atomic E-state index is 14.7. The standard InChI is InChI=1S/C40H42N4O9S/c1-17-10-23-21(12-27(17)46)7-8-42-40(23)15-54-38-30-29(37-36(51-16-52-37)19(3)35(30)53-20(4)45)26(14-50-39(40)48)44-25(13-41)24-11-22-9-18(2)34(49-6)33(47)28(22)31(32(38)44)43(24)5/h9-10,12,24-26,31-32,38,42,46-47H,7-8,11,14-16H2,1-6H3/t24-,25+,26+,31+,32?,38-,40-/m1/s1. The average Bonchev–Trinajstić information content (AvgIpc) is 3.63. The summed E-state index contributed by atoms with van der Waals surface area (Å²) in [7, 11) is 3.54. The van der Waals surface area contributed by atoms with E-state index in [0.29, 0.717) is 64.6 Å². The molecular formula is C40H42N4O9S. The summed E-state index contributed by atoms with van der Waals surface area (Å²) in [5, 5.41) is 36.8. The van der Waals surface area contributed by atoms with Crippen LogP contribution < -0.4 is 24.3 Å². The van der Waals surface area contributed by atoms with E-state index in [0.717, 1.165) is 27.8 Å². The van der Waals surface area contributed by atoms with Gasteiger partial charge < -0.3 is 33.9 Å². The molecule has 0 aliphatic carbocycles. The third kappa shape index (κ3) is 4.68. The maximum atomic E-state index is 14.7. The second-order valence-electron chi connectivity index (χ2n) is 15.2. The van der Waals surface area contributed by atoms with Crippen LogP contribution in [0.15, 0.2) is 18.2 Å². The van der Waals surface area contributed by atoms with E-state index >= 15 is 0 Å². The first kappa shape index (κ1) is 35.0. The molecule has 4 bridgehead atoms. The van der Waals surface area contributed by atoms with E-state index < -0.39 is 46.9 Å². The van der Waals surface area contributed by atoms with E-state index in [1.165, 1.54) is 18.7 Å². The van der Waals surface area contributed by atoms with E-state index in [9.17, 15) is 25.1 Å². The molecule has 1 spiro atoms. The van der Waals surface area contributed by atoms with Crippen molar-refractivity contribution in [1.29, 1.82) is 5.26 Å². The fraction of sp³-hybridized carbons (Fsp3) is 0.475. The number of carbonyl (C=O) groups excluding carboxylic acids is 2. The number of nitriles is 1. The van der Waals surface area contributed by atoms with Gasteiger partial charge in [0.2, 0.25) is 6.79 Å². The van der Waals surface area contributed by atoms with Crippen molar-refractivity contribution in [1.82, 2.24) is 15.1 Å². The molecule has 7 atom stereocenters. The van der Waals surface area contributed by atoms with Crippen molar-refractivity contribution in [3.05, 3.63) is 68.3 Å². The van der Waals surface area contributed by atoms with Crippen molar-refractivity contribution in [3.8, 4) is 40.6 Å². The highest BCUT2D eigenvalue weighted by Crippen LogP contribution is 2.64. The number of aryl methyl sites for hydroxylation is 2. The topological polar surface area (TPSA) is 163 Å². The number of methoxy groups -OCH3 is 1. The molecule has 3 N–H and O–H groups in total. The van der Waals surface area contributed by atoms with Gasteiger partial charge in [-0.2, -0.15) is 5.26 Å². The molecule has 3 aromatic carbocycles. The number of piperazine rings is 1. The summed E-state index contributed by atoms with van der Waals surface area (Å²) >= 11 is 1.51. The van der Waals surface area contributed by atoms with Gasteiger partial charge in [0, 0.05) is 53.6 Å². The minimum atomic E-state index is -1.28. The van der Waals surface area contributed by atoms with Gasteiger partial charge in [0.15, 0.2) is 28.5 Å². The van der Waals surface area contributed by atoms with Gasteiger partial charge in [-0.05, 0) is 80.6 Å². The zero-order chi connectivity index (χ0) is 38.0. The Morgan fingerprint density at radius 3 is 2.57 bits per heavy atom. The number of phenolic OH excluding ortho intramolecular Hbond substituents is 2. The first-order valence-corrected chi connectivity index (χ1v) is 19.3.